The zero-order valence-electron chi connectivity index (χ0n) is 15.9. The molecular weight excluding hydrogens is 328 g/mol. The van der Waals surface area contributed by atoms with E-state index in [0.717, 1.165) is 46.7 Å². The summed E-state index contributed by atoms with van der Waals surface area (Å²) in [7, 11) is 2.00. The molecule has 1 aromatic carbocycles. The van der Waals surface area contributed by atoms with Gasteiger partial charge >= 0.3 is 0 Å². The first kappa shape index (κ1) is 17.9. The molecule has 2 aromatic heterocycles. The molecule has 0 radical (unpaired) electrons. The Kier molecular flexibility index (Phi) is 4.93. The lowest BCUT2D eigenvalue weighted by atomic mass is 10.0. The number of hydrogen-bond acceptors (Lipinski definition) is 6. The SMILES string of the molecule is CCc1cc(-c2noc(-c3cc(C)nc(N(C)CC)c3)n2)cc(C)c1O. The number of aromatic nitrogens is 3. The molecule has 0 amide bonds. The van der Waals surface area contributed by atoms with Crippen molar-refractivity contribution in [3.63, 3.8) is 0 Å². The lowest BCUT2D eigenvalue weighted by molar-refractivity contribution is 0.432. The van der Waals surface area contributed by atoms with Crippen LogP contribution in [0.3, 0.4) is 0 Å². The molecule has 0 unspecified atom stereocenters. The zero-order chi connectivity index (χ0) is 18.8. The molecule has 0 atom stereocenters. The summed E-state index contributed by atoms with van der Waals surface area (Å²) < 4.78 is 5.50. The predicted molar refractivity (Wildman–Crippen MR) is 102 cm³/mol. The number of nitrogens with zero attached hydrogens (tertiary/aromatic N) is 4. The quantitative estimate of drug-likeness (QED) is 0.744. The summed E-state index contributed by atoms with van der Waals surface area (Å²) in [5.41, 5.74) is 4.25. The first-order chi connectivity index (χ1) is 12.4. The van der Waals surface area contributed by atoms with Gasteiger partial charge in [0.25, 0.3) is 5.89 Å². The Morgan fingerprint density at radius 2 is 1.81 bits per heavy atom. The van der Waals surface area contributed by atoms with E-state index in [1.165, 1.54) is 0 Å². The molecule has 0 aliphatic carbocycles. The summed E-state index contributed by atoms with van der Waals surface area (Å²) in [6.45, 7) is 8.76. The van der Waals surface area contributed by atoms with E-state index in [0.29, 0.717) is 17.5 Å². The summed E-state index contributed by atoms with van der Waals surface area (Å²) in [4.78, 5) is 11.2. The van der Waals surface area contributed by atoms with Crippen molar-refractivity contribution < 1.29 is 9.63 Å². The maximum atomic E-state index is 10.1. The van der Waals surface area contributed by atoms with Gasteiger partial charge in [0, 0.05) is 30.4 Å². The molecule has 1 N–H and O–H groups in total. The van der Waals surface area contributed by atoms with Gasteiger partial charge in [0.15, 0.2) is 0 Å². The third-order valence-electron chi connectivity index (χ3n) is 4.50. The topological polar surface area (TPSA) is 75.3 Å². The second-order valence-electron chi connectivity index (χ2n) is 6.45. The third-order valence-corrected chi connectivity index (χ3v) is 4.50. The minimum atomic E-state index is 0.331. The molecule has 3 rings (SSSR count). The average Bonchev–Trinajstić information content (AvgIpc) is 3.12. The van der Waals surface area contributed by atoms with Crippen LogP contribution in [0.4, 0.5) is 5.82 Å². The molecule has 26 heavy (non-hydrogen) atoms. The minimum absolute atomic E-state index is 0.331. The highest BCUT2D eigenvalue weighted by Gasteiger charge is 2.15. The molecular formula is C20H24N4O2. The molecule has 3 aromatic rings. The highest BCUT2D eigenvalue weighted by atomic mass is 16.5. The van der Waals surface area contributed by atoms with Gasteiger partial charge in [-0.25, -0.2) is 4.98 Å². The van der Waals surface area contributed by atoms with Crippen LogP contribution in [0.1, 0.15) is 30.7 Å². The van der Waals surface area contributed by atoms with Gasteiger partial charge in [0.1, 0.15) is 11.6 Å². The first-order valence-corrected chi connectivity index (χ1v) is 8.79. The van der Waals surface area contributed by atoms with Gasteiger partial charge in [-0.2, -0.15) is 4.98 Å². The first-order valence-electron chi connectivity index (χ1n) is 8.79. The van der Waals surface area contributed by atoms with Crippen molar-refractivity contribution >= 4 is 5.82 Å². The lowest BCUT2D eigenvalue weighted by Crippen LogP contribution is -2.17. The van der Waals surface area contributed by atoms with E-state index in [-0.39, 0.29) is 0 Å². The second-order valence-corrected chi connectivity index (χ2v) is 6.45. The molecule has 0 aliphatic heterocycles. The largest absolute Gasteiger partial charge is 0.507 e. The summed E-state index contributed by atoms with van der Waals surface area (Å²) in [5, 5.41) is 14.2. The predicted octanol–water partition coefficient (Wildman–Crippen LogP) is 4.14. The Labute approximate surface area is 153 Å². The van der Waals surface area contributed by atoms with Crippen LogP contribution in [0.15, 0.2) is 28.8 Å². The van der Waals surface area contributed by atoms with E-state index in [4.69, 9.17) is 4.52 Å². The van der Waals surface area contributed by atoms with Crippen molar-refractivity contribution in [3.05, 3.63) is 41.1 Å². The van der Waals surface area contributed by atoms with Gasteiger partial charge in [0.2, 0.25) is 5.82 Å². The fraction of sp³-hybridized carbons (Fsp3) is 0.350. The molecule has 0 fully saturated rings. The van der Waals surface area contributed by atoms with E-state index in [1.54, 1.807) is 0 Å². The van der Waals surface area contributed by atoms with Crippen LogP contribution in [-0.4, -0.2) is 33.8 Å². The second kappa shape index (κ2) is 7.15. The fourth-order valence-corrected chi connectivity index (χ4v) is 2.84. The highest BCUT2D eigenvalue weighted by Crippen LogP contribution is 2.30. The summed E-state index contributed by atoms with van der Waals surface area (Å²) >= 11 is 0. The van der Waals surface area contributed by atoms with E-state index in [9.17, 15) is 5.11 Å². The Balaban J connectivity index is 2.01. The summed E-state index contributed by atoms with van der Waals surface area (Å²) in [5.74, 6) is 2.17. The number of pyridine rings is 1. The number of benzene rings is 1. The zero-order valence-corrected chi connectivity index (χ0v) is 15.9. The molecule has 0 bridgehead atoms. The van der Waals surface area contributed by atoms with Crippen molar-refractivity contribution in [2.75, 3.05) is 18.5 Å². The number of aryl methyl sites for hydroxylation is 3. The Bertz CT molecular complexity index is 934. The van der Waals surface area contributed by atoms with Crippen molar-refractivity contribution in [1.82, 2.24) is 15.1 Å². The molecule has 6 heteroatoms. The average molecular weight is 352 g/mol. The van der Waals surface area contributed by atoms with Crippen molar-refractivity contribution in [2.24, 2.45) is 0 Å². The fourth-order valence-electron chi connectivity index (χ4n) is 2.84. The minimum Gasteiger partial charge on any atom is -0.507 e. The third kappa shape index (κ3) is 3.40. The van der Waals surface area contributed by atoms with Crippen LogP contribution in [-0.2, 0) is 6.42 Å². The number of phenolic OH excluding ortho intramolecular Hbond substituents is 1. The van der Waals surface area contributed by atoms with E-state index in [1.807, 2.05) is 52.1 Å². The van der Waals surface area contributed by atoms with Gasteiger partial charge in [-0.15, -0.1) is 0 Å². The highest BCUT2D eigenvalue weighted by molar-refractivity contribution is 5.65. The standard InChI is InChI=1S/C20H24N4O2/c1-6-14-10-15(8-12(3)18(14)25)19-22-20(26-23-19)16-9-13(4)21-17(11-16)24(5)7-2/h8-11,25H,6-7H2,1-5H3. The lowest BCUT2D eigenvalue weighted by Gasteiger charge is -2.16. The van der Waals surface area contributed by atoms with Gasteiger partial charge in [-0.05, 0) is 62.6 Å². The molecule has 0 saturated carbocycles. The van der Waals surface area contributed by atoms with Crippen LogP contribution >= 0.6 is 0 Å². The molecule has 0 aliphatic rings. The van der Waals surface area contributed by atoms with E-state index in [2.05, 4.69) is 26.9 Å². The van der Waals surface area contributed by atoms with Crippen LogP contribution in [0.2, 0.25) is 0 Å². The monoisotopic (exact) mass is 352 g/mol. The smallest absolute Gasteiger partial charge is 0.258 e. The van der Waals surface area contributed by atoms with Crippen LogP contribution in [0.25, 0.3) is 22.8 Å². The van der Waals surface area contributed by atoms with Crippen LogP contribution < -0.4 is 4.90 Å². The van der Waals surface area contributed by atoms with Gasteiger partial charge < -0.3 is 14.5 Å². The van der Waals surface area contributed by atoms with Crippen LogP contribution in [0, 0.1) is 13.8 Å². The summed E-state index contributed by atoms with van der Waals surface area (Å²) in [6.07, 6.45) is 0.738. The number of anilines is 1. The van der Waals surface area contributed by atoms with Gasteiger partial charge in [0.05, 0.1) is 0 Å². The maximum absolute atomic E-state index is 10.1. The Morgan fingerprint density at radius 3 is 2.50 bits per heavy atom. The normalized spacial score (nSPS) is 11.0. The van der Waals surface area contributed by atoms with Gasteiger partial charge in [-0.3, -0.25) is 0 Å². The van der Waals surface area contributed by atoms with Crippen molar-refractivity contribution in [2.45, 2.75) is 34.1 Å². The number of rotatable bonds is 5. The molecule has 6 nitrogen and oxygen atoms in total. The molecule has 0 saturated heterocycles. The molecule has 136 valence electrons. The number of phenols is 1. The van der Waals surface area contributed by atoms with E-state index < -0.39 is 0 Å². The van der Waals surface area contributed by atoms with E-state index >= 15 is 0 Å². The van der Waals surface area contributed by atoms with Crippen molar-refractivity contribution in [1.29, 1.82) is 0 Å². The van der Waals surface area contributed by atoms with Gasteiger partial charge in [-0.1, -0.05) is 12.1 Å². The maximum Gasteiger partial charge on any atom is 0.258 e. The molecule has 0 spiro atoms. The Hall–Kier alpha value is -2.89. The number of hydrogen-bond donors (Lipinski definition) is 1. The molecule has 2 heterocycles. The van der Waals surface area contributed by atoms with Crippen molar-refractivity contribution in [3.8, 4) is 28.6 Å². The summed E-state index contributed by atoms with van der Waals surface area (Å²) in [6, 6.07) is 7.67. The Morgan fingerprint density at radius 1 is 1.04 bits per heavy atom. The number of aromatic hydroxyl groups is 1. The van der Waals surface area contributed by atoms with Crippen LogP contribution in [0.5, 0.6) is 5.75 Å².